The second-order valence-electron chi connectivity index (χ2n) is 7.53. The van der Waals surface area contributed by atoms with Crippen LogP contribution in [0.5, 0.6) is 5.75 Å². The molecule has 0 unspecified atom stereocenters. The number of benzene rings is 2. The van der Waals surface area contributed by atoms with Crippen LogP contribution in [0.1, 0.15) is 18.6 Å². The number of halogens is 1. The molecule has 5 aromatic rings. The molecule has 0 bridgehead atoms. The van der Waals surface area contributed by atoms with Crippen molar-refractivity contribution in [3.8, 4) is 22.8 Å². The summed E-state index contributed by atoms with van der Waals surface area (Å²) in [5, 5.41) is 19.9. The fraction of sp³-hybridized carbons (Fsp3) is 0.0870. The van der Waals surface area contributed by atoms with Gasteiger partial charge in [0.25, 0.3) is 0 Å². The second kappa shape index (κ2) is 8.74. The van der Waals surface area contributed by atoms with Crippen molar-refractivity contribution in [3.63, 3.8) is 0 Å². The highest BCUT2D eigenvalue weighted by Gasteiger charge is 2.20. The van der Waals surface area contributed by atoms with Crippen molar-refractivity contribution >= 4 is 22.8 Å². The Balaban J connectivity index is 1.59. The second-order valence-corrected chi connectivity index (χ2v) is 7.53. The Morgan fingerprint density at radius 3 is 2.83 bits per heavy atom. The van der Waals surface area contributed by atoms with Crippen molar-refractivity contribution in [2.24, 2.45) is 0 Å². The van der Waals surface area contributed by atoms with E-state index in [2.05, 4.69) is 30.1 Å². The lowest BCUT2D eigenvalue weighted by molar-refractivity contribution is 0.208. The molecule has 12 heteroatoms. The summed E-state index contributed by atoms with van der Waals surface area (Å²) in [4.78, 5) is 29.6. The Labute approximate surface area is 195 Å². The van der Waals surface area contributed by atoms with Crippen LogP contribution < -0.4 is 15.8 Å². The molecule has 3 heterocycles. The minimum atomic E-state index is -1.33. The molecule has 1 atom stereocenters. The van der Waals surface area contributed by atoms with Gasteiger partial charge in [0.1, 0.15) is 11.9 Å². The van der Waals surface area contributed by atoms with Crippen LogP contribution in [0.2, 0.25) is 0 Å². The lowest BCUT2D eigenvalue weighted by atomic mass is 10.0. The van der Waals surface area contributed by atoms with E-state index in [0.29, 0.717) is 27.7 Å². The van der Waals surface area contributed by atoms with Crippen LogP contribution in [0.25, 0.3) is 28.0 Å². The molecule has 0 aliphatic carbocycles. The zero-order chi connectivity index (χ0) is 24.5. The number of nitrogens with one attached hydrogen (secondary N) is 2. The first kappa shape index (κ1) is 21.8. The van der Waals surface area contributed by atoms with E-state index >= 15 is 0 Å². The topological polar surface area (TPSA) is 148 Å². The summed E-state index contributed by atoms with van der Waals surface area (Å²) in [5.41, 5.74) is 2.25. The Morgan fingerprint density at radius 1 is 1.26 bits per heavy atom. The van der Waals surface area contributed by atoms with Gasteiger partial charge in [0, 0.05) is 28.9 Å². The summed E-state index contributed by atoms with van der Waals surface area (Å²) >= 11 is 0. The predicted octanol–water partition coefficient (Wildman–Crippen LogP) is 4.13. The number of pyridine rings is 1. The van der Waals surface area contributed by atoms with Gasteiger partial charge in [-0.2, -0.15) is 5.10 Å². The van der Waals surface area contributed by atoms with Crippen LogP contribution in [0.3, 0.4) is 0 Å². The lowest BCUT2D eigenvalue weighted by Crippen LogP contribution is -2.13. The fourth-order valence-corrected chi connectivity index (χ4v) is 3.66. The number of fused-ring (bicyclic) bond motifs is 1. The lowest BCUT2D eigenvalue weighted by Gasteiger charge is -2.21. The summed E-state index contributed by atoms with van der Waals surface area (Å²) in [6, 6.07) is 12.5. The van der Waals surface area contributed by atoms with Crippen LogP contribution in [0.4, 0.5) is 15.0 Å². The molecule has 0 spiro atoms. The average Bonchev–Trinajstić information content (AvgIpc) is 3.51. The number of nitrogens with zero attached hydrogens (tertiary/aromatic N) is 4. The number of hydrogen-bond donors (Lipinski definition) is 3. The first-order valence-electron chi connectivity index (χ1n) is 10.3. The number of ether oxygens (including phenoxy) is 1. The molecule has 3 aromatic heterocycles. The number of carbonyl (C=O) groups is 1. The molecule has 0 fully saturated rings. The number of aromatic nitrogens is 5. The minimum absolute atomic E-state index is 0.0407. The molecular weight excluding hydrogens is 459 g/mol. The maximum absolute atomic E-state index is 13.8. The molecule has 2 aromatic carbocycles. The van der Waals surface area contributed by atoms with Crippen LogP contribution in [-0.4, -0.2) is 36.1 Å². The monoisotopic (exact) mass is 476 g/mol. The summed E-state index contributed by atoms with van der Waals surface area (Å²) in [6.07, 6.45) is 1.37. The largest absolute Gasteiger partial charge is 0.482 e. The molecule has 3 N–H and O–H groups in total. The summed E-state index contributed by atoms with van der Waals surface area (Å²) < 4.78 is 26.2. The van der Waals surface area contributed by atoms with E-state index in [1.807, 2.05) is 0 Å². The first-order valence-corrected chi connectivity index (χ1v) is 10.3. The van der Waals surface area contributed by atoms with Gasteiger partial charge in [0.2, 0.25) is 0 Å². The Morgan fingerprint density at radius 2 is 2.11 bits per heavy atom. The smallest absolute Gasteiger partial charge is 0.439 e. The number of amides is 1. The van der Waals surface area contributed by atoms with E-state index < -0.39 is 23.8 Å². The highest BCUT2D eigenvalue weighted by atomic mass is 19.1. The van der Waals surface area contributed by atoms with E-state index in [9.17, 15) is 19.1 Å². The molecule has 0 saturated carbocycles. The van der Waals surface area contributed by atoms with Crippen LogP contribution >= 0.6 is 0 Å². The average molecular weight is 476 g/mol. The summed E-state index contributed by atoms with van der Waals surface area (Å²) in [7, 11) is 0. The van der Waals surface area contributed by atoms with Crippen LogP contribution in [0.15, 0.2) is 70.2 Å². The molecule has 11 nitrogen and oxygen atoms in total. The van der Waals surface area contributed by atoms with Crippen molar-refractivity contribution < 1.29 is 23.6 Å². The normalized spacial score (nSPS) is 11.9. The third kappa shape index (κ3) is 4.44. The van der Waals surface area contributed by atoms with Crippen molar-refractivity contribution in [1.82, 2.24) is 24.9 Å². The van der Waals surface area contributed by atoms with Crippen molar-refractivity contribution in [2.75, 3.05) is 5.32 Å². The number of H-pyrrole nitrogens is 1. The van der Waals surface area contributed by atoms with Gasteiger partial charge in [0.15, 0.2) is 17.4 Å². The van der Waals surface area contributed by atoms with Gasteiger partial charge in [-0.15, -0.1) is 0 Å². The van der Waals surface area contributed by atoms with Crippen LogP contribution in [0, 0.1) is 5.82 Å². The number of anilines is 1. The van der Waals surface area contributed by atoms with Crippen molar-refractivity contribution in [1.29, 1.82) is 0 Å². The number of hydrogen-bond acceptors (Lipinski definition) is 7. The van der Waals surface area contributed by atoms with E-state index in [4.69, 9.17) is 4.74 Å². The van der Waals surface area contributed by atoms with Gasteiger partial charge in [-0.25, -0.2) is 23.6 Å². The molecule has 0 saturated heterocycles. The molecule has 0 radical (unpaired) electrons. The number of aromatic amines is 1. The highest BCUT2D eigenvalue weighted by Crippen LogP contribution is 2.34. The molecule has 1 amide bonds. The Kier molecular flexibility index (Phi) is 5.45. The summed E-state index contributed by atoms with van der Waals surface area (Å²) in [5.74, 6) is -0.870. The molecular formula is C23H17FN6O5. The maximum atomic E-state index is 13.8. The zero-order valence-electron chi connectivity index (χ0n) is 18.1. The van der Waals surface area contributed by atoms with E-state index in [1.54, 1.807) is 48.3 Å². The van der Waals surface area contributed by atoms with Crippen molar-refractivity contribution in [3.05, 3.63) is 82.9 Å². The molecule has 176 valence electrons. The maximum Gasteiger partial charge on any atom is 0.439 e. The highest BCUT2D eigenvalue weighted by molar-refractivity contribution is 5.89. The van der Waals surface area contributed by atoms with Gasteiger partial charge in [-0.05, 0) is 55.5 Å². The zero-order valence-corrected chi connectivity index (χ0v) is 18.1. The number of carboxylic acid groups (broad SMARTS) is 1. The van der Waals surface area contributed by atoms with Gasteiger partial charge < -0.3 is 9.84 Å². The molecule has 35 heavy (non-hydrogen) atoms. The summed E-state index contributed by atoms with van der Waals surface area (Å²) in [6.45, 7) is 1.75. The Hall–Kier alpha value is -5.00. The van der Waals surface area contributed by atoms with Crippen molar-refractivity contribution in [2.45, 2.75) is 13.0 Å². The standard InChI is InChI=1S/C23H17FN6O5/c1-12(34-19-11-14-9-15(24)4-5-17(14)26-21(19)27-22(31)32)16-10-13(20-28-23(33)35-29-20)3-6-18(16)30-8-2-7-25-30/h2-12H,1H3,(H,26,27)(H,31,32)(H,28,29,33)/t12-/m0/s1. The van der Waals surface area contributed by atoms with E-state index in [0.717, 1.165) is 0 Å². The molecule has 0 aliphatic heterocycles. The van der Waals surface area contributed by atoms with E-state index in [-0.39, 0.29) is 17.4 Å². The first-order chi connectivity index (χ1) is 16.9. The molecule has 0 aliphatic rings. The van der Waals surface area contributed by atoms with Gasteiger partial charge in [0.05, 0.1) is 11.2 Å². The third-order valence-electron chi connectivity index (χ3n) is 5.20. The SMILES string of the molecule is C[C@H](Oc1cc2cc(F)ccc2nc1NC(=O)O)c1cc(-c2noc(=O)[nH]2)ccc1-n1cccn1. The number of rotatable bonds is 6. The van der Waals surface area contributed by atoms with Gasteiger partial charge in [-0.3, -0.25) is 14.8 Å². The van der Waals surface area contributed by atoms with Gasteiger partial charge >= 0.3 is 11.8 Å². The third-order valence-corrected chi connectivity index (χ3v) is 5.20. The van der Waals surface area contributed by atoms with E-state index in [1.165, 1.54) is 24.3 Å². The predicted molar refractivity (Wildman–Crippen MR) is 122 cm³/mol. The quantitative estimate of drug-likeness (QED) is 0.331. The molecule has 5 rings (SSSR count). The fourth-order valence-electron chi connectivity index (χ4n) is 3.66. The van der Waals surface area contributed by atoms with Gasteiger partial charge in [-0.1, -0.05) is 5.16 Å². The Bertz CT molecular complexity index is 1590. The minimum Gasteiger partial charge on any atom is -0.482 e. The van der Waals surface area contributed by atoms with Crippen LogP contribution in [-0.2, 0) is 0 Å².